The summed E-state index contributed by atoms with van der Waals surface area (Å²) in [5, 5.41) is 3.94. The lowest BCUT2D eigenvalue weighted by atomic mass is 9.83. The molecular weight excluding hydrogens is 356 g/mol. The molecule has 1 aromatic heterocycles. The predicted octanol–water partition coefficient (Wildman–Crippen LogP) is 3.66. The molecular formula is C22H26N2O4. The van der Waals surface area contributed by atoms with Crippen LogP contribution in [0.1, 0.15) is 19.4 Å². The van der Waals surface area contributed by atoms with E-state index in [-0.39, 0.29) is 5.91 Å². The minimum absolute atomic E-state index is 0.0606. The second-order valence-electron chi connectivity index (χ2n) is 7.02. The fraction of sp³-hybridized carbons (Fsp3) is 0.318. The number of nitrogens with one attached hydrogen (secondary N) is 2. The summed E-state index contributed by atoms with van der Waals surface area (Å²) in [5.41, 5.74) is 1.19. The lowest BCUT2D eigenvalue weighted by molar-refractivity contribution is -0.125. The third kappa shape index (κ3) is 4.06. The van der Waals surface area contributed by atoms with Crippen LogP contribution in [0, 0.1) is 0 Å². The van der Waals surface area contributed by atoms with E-state index >= 15 is 0 Å². The highest BCUT2D eigenvalue weighted by atomic mass is 16.5. The molecule has 0 bridgehead atoms. The highest BCUT2D eigenvalue weighted by Gasteiger charge is 2.32. The van der Waals surface area contributed by atoms with Crippen molar-refractivity contribution in [2.75, 3.05) is 27.4 Å². The molecule has 1 heterocycles. The van der Waals surface area contributed by atoms with Crippen molar-refractivity contribution in [2.24, 2.45) is 0 Å². The Labute approximate surface area is 164 Å². The van der Waals surface area contributed by atoms with Gasteiger partial charge in [-0.1, -0.05) is 0 Å². The Balaban J connectivity index is 1.61. The zero-order valence-corrected chi connectivity index (χ0v) is 16.7. The van der Waals surface area contributed by atoms with E-state index in [0.29, 0.717) is 13.2 Å². The number of benzene rings is 2. The second kappa shape index (κ2) is 8.25. The molecule has 0 aliphatic rings. The topological polar surface area (TPSA) is 72.6 Å². The summed E-state index contributed by atoms with van der Waals surface area (Å²) in [4.78, 5) is 16.1. The Morgan fingerprint density at radius 1 is 1.00 bits per heavy atom. The Hall–Kier alpha value is -3.15. The van der Waals surface area contributed by atoms with Crippen LogP contribution in [-0.4, -0.2) is 38.3 Å². The molecule has 0 unspecified atom stereocenters. The Kier molecular flexibility index (Phi) is 5.78. The van der Waals surface area contributed by atoms with Gasteiger partial charge >= 0.3 is 0 Å². The van der Waals surface area contributed by atoms with Crippen LogP contribution < -0.4 is 19.5 Å². The molecule has 6 heteroatoms. The van der Waals surface area contributed by atoms with Crippen LogP contribution in [0.5, 0.6) is 17.2 Å². The summed E-state index contributed by atoms with van der Waals surface area (Å²) >= 11 is 0. The Morgan fingerprint density at radius 2 is 1.64 bits per heavy atom. The van der Waals surface area contributed by atoms with Crippen LogP contribution in [0.15, 0.2) is 48.7 Å². The van der Waals surface area contributed by atoms with Gasteiger partial charge in [-0.25, -0.2) is 0 Å². The summed E-state index contributed by atoms with van der Waals surface area (Å²) in [6.45, 7) is 4.62. The van der Waals surface area contributed by atoms with Crippen molar-refractivity contribution in [3.63, 3.8) is 0 Å². The lowest BCUT2D eigenvalue weighted by Crippen LogP contribution is -2.41. The normalized spacial score (nSPS) is 11.3. The monoisotopic (exact) mass is 382 g/mol. The van der Waals surface area contributed by atoms with E-state index in [0.717, 1.165) is 33.7 Å². The number of carbonyl (C=O) groups is 1. The molecule has 0 atom stereocenters. The molecule has 1 amide bonds. The van der Waals surface area contributed by atoms with Crippen LogP contribution in [0.3, 0.4) is 0 Å². The first-order valence-electron chi connectivity index (χ1n) is 9.16. The van der Waals surface area contributed by atoms with Crippen molar-refractivity contribution in [1.29, 1.82) is 0 Å². The average molecular weight is 382 g/mol. The van der Waals surface area contributed by atoms with Crippen LogP contribution in [0.25, 0.3) is 10.9 Å². The van der Waals surface area contributed by atoms with Crippen molar-refractivity contribution in [2.45, 2.75) is 19.3 Å². The van der Waals surface area contributed by atoms with E-state index in [1.165, 1.54) is 0 Å². The maximum atomic E-state index is 12.8. The van der Waals surface area contributed by atoms with Crippen LogP contribution in [0.4, 0.5) is 0 Å². The van der Waals surface area contributed by atoms with E-state index < -0.39 is 5.41 Å². The third-order valence-corrected chi connectivity index (χ3v) is 4.85. The molecule has 0 fully saturated rings. The Bertz CT molecular complexity index is 945. The number of H-pyrrole nitrogens is 1. The summed E-state index contributed by atoms with van der Waals surface area (Å²) in [6.07, 6.45) is 1.89. The van der Waals surface area contributed by atoms with Crippen LogP contribution in [-0.2, 0) is 10.2 Å². The standard InChI is InChI=1S/C22H26N2O4/c1-22(2,19-14-24-20-10-9-17(27-4)13-18(19)20)21(25)23-11-12-28-16-7-5-15(26-3)6-8-16/h5-10,13-14,24H,11-12H2,1-4H3,(H,23,25). The summed E-state index contributed by atoms with van der Waals surface area (Å²) < 4.78 is 16.1. The molecule has 0 aliphatic carbocycles. The molecule has 6 nitrogen and oxygen atoms in total. The number of fused-ring (bicyclic) bond motifs is 1. The molecule has 3 rings (SSSR count). The van der Waals surface area contributed by atoms with Gasteiger partial charge in [0.2, 0.25) is 5.91 Å². The lowest BCUT2D eigenvalue weighted by Gasteiger charge is -2.23. The number of amides is 1. The first kappa shape index (κ1) is 19.6. The van der Waals surface area contributed by atoms with E-state index in [4.69, 9.17) is 14.2 Å². The van der Waals surface area contributed by atoms with Crippen molar-refractivity contribution in [3.05, 3.63) is 54.2 Å². The zero-order valence-electron chi connectivity index (χ0n) is 16.7. The van der Waals surface area contributed by atoms with E-state index in [9.17, 15) is 4.79 Å². The van der Waals surface area contributed by atoms with Crippen molar-refractivity contribution >= 4 is 16.8 Å². The number of aromatic amines is 1. The fourth-order valence-corrected chi connectivity index (χ4v) is 3.09. The summed E-state index contributed by atoms with van der Waals surface area (Å²) in [7, 11) is 3.26. The van der Waals surface area contributed by atoms with Crippen molar-refractivity contribution in [3.8, 4) is 17.2 Å². The maximum Gasteiger partial charge on any atom is 0.230 e. The summed E-state index contributed by atoms with van der Waals surface area (Å²) in [5.74, 6) is 2.21. The number of aromatic nitrogens is 1. The molecule has 0 aliphatic heterocycles. The molecule has 0 spiro atoms. The fourth-order valence-electron chi connectivity index (χ4n) is 3.09. The van der Waals surface area contributed by atoms with Crippen molar-refractivity contribution < 1.29 is 19.0 Å². The van der Waals surface area contributed by atoms with Gasteiger partial charge in [0.25, 0.3) is 0 Å². The second-order valence-corrected chi connectivity index (χ2v) is 7.02. The Morgan fingerprint density at radius 3 is 2.32 bits per heavy atom. The van der Waals surface area contributed by atoms with Gasteiger partial charge in [0.05, 0.1) is 26.2 Å². The smallest absolute Gasteiger partial charge is 0.230 e. The molecule has 28 heavy (non-hydrogen) atoms. The highest BCUT2D eigenvalue weighted by Crippen LogP contribution is 2.32. The number of rotatable bonds is 8. The zero-order chi connectivity index (χ0) is 20.1. The van der Waals surface area contributed by atoms with Gasteiger partial charge in [0.1, 0.15) is 23.9 Å². The predicted molar refractivity (Wildman–Crippen MR) is 109 cm³/mol. The molecule has 3 aromatic rings. The van der Waals surface area contributed by atoms with Crippen LogP contribution in [0.2, 0.25) is 0 Å². The maximum absolute atomic E-state index is 12.8. The first-order valence-corrected chi connectivity index (χ1v) is 9.16. The molecule has 148 valence electrons. The molecule has 2 N–H and O–H groups in total. The van der Waals surface area contributed by atoms with Crippen LogP contribution >= 0.6 is 0 Å². The number of methoxy groups -OCH3 is 2. The average Bonchev–Trinajstić information content (AvgIpc) is 3.15. The number of ether oxygens (including phenoxy) is 3. The van der Waals surface area contributed by atoms with Gasteiger partial charge in [0.15, 0.2) is 0 Å². The minimum atomic E-state index is -0.704. The van der Waals surface area contributed by atoms with Gasteiger partial charge in [-0.05, 0) is 61.9 Å². The molecule has 0 radical (unpaired) electrons. The van der Waals surface area contributed by atoms with Gasteiger partial charge in [-0.3, -0.25) is 4.79 Å². The van der Waals surface area contributed by atoms with Gasteiger partial charge in [-0.15, -0.1) is 0 Å². The molecule has 0 saturated carbocycles. The minimum Gasteiger partial charge on any atom is -0.497 e. The van der Waals surface area contributed by atoms with E-state index in [2.05, 4.69) is 10.3 Å². The van der Waals surface area contributed by atoms with Gasteiger partial charge in [-0.2, -0.15) is 0 Å². The number of hydrogen-bond acceptors (Lipinski definition) is 4. The largest absolute Gasteiger partial charge is 0.497 e. The number of carbonyl (C=O) groups excluding carboxylic acids is 1. The first-order chi connectivity index (χ1) is 13.5. The van der Waals surface area contributed by atoms with Gasteiger partial charge < -0.3 is 24.5 Å². The summed E-state index contributed by atoms with van der Waals surface area (Å²) in [6, 6.07) is 13.1. The molecule has 2 aromatic carbocycles. The highest BCUT2D eigenvalue weighted by molar-refractivity contribution is 5.95. The molecule has 0 saturated heterocycles. The quantitative estimate of drug-likeness (QED) is 0.583. The number of hydrogen-bond donors (Lipinski definition) is 2. The SMILES string of the molecule is COc1ccc(OCCNC(=O)C(C)(C)c2c[nH]c3ccc(OC)cc23)cc1. The van der Waals surface area contributed by atoms with E-state index in [1.807, 2.05) is 62.5 Å². The van der Waals surface area contributed by atoms with Gasteiger partial charge in [0, 0.05) is 17.1 Å². The third-order valence-electron chi connectivity index (χ3n) is 4.85. The van der Waals surface area contributed by atoms with Crippen molar-refractivity contribution in [1.82, 2.24) is 10.3 Å². The van der Waals surface area contributed by atoms with E-state index in [1.54, 1.807) is 14.2 Å².